The summed E-state index contributed by atoms with van der Waals surface area (Å²) < 4.78 is 16.5. The zero-order chi connectivity index (χ0) is 15.8. The van der Waals surface area contributed by atoms with Gasteiger partial charge in [-0.25, -0.2) is 0 Å². The number of aryl methyl sites for hydroxylation is 1. The van der Waals surface area contributed by atoms with Crippen molar-refractivity contribution in [3.05, 3.63) is 52.6 Å². The minimum absolute atomic E-state index is 0.189. The van der Waals surface area contributed by atoms with Crippen LogP contribution in [0.15, 0.2) is 30.3 Å². The highest BCUT2D eigenvalue weighted by Gasteiger charge is 2.27. The molecule has 1 unspecified atom stereocenters. The fourth-order valence-electron chi connectivity index (χ4n) is 3.52. The molecule has 4 rings (SSSR count). The van der Waals surface area contributed by atoms with E-state index >= 15 is 0 Å². The summed E-state index contributed by atoms with van der Waals surface area (Å²) in [6.45, 7) is 3.47. The normalized spacial score (nSPS) is 18.6. The molecule has 120 valence electrons. The average molecular weight is 311 g/mol. The van der Waals surface area contributed by atoms with Gasteiger partial charge in [-0.3, -0.25) is 0 Å². The SMILES string of the molecule is CCc1cc(OC)ccc1C1NCCc2cc3c(cc21)OCO3. The molecule has 0 amide bonds. The van der Waals surface area contributed by atoms with Gasteiger partial charge in [0.05, 0.1) is 13.2 Å². The second kappa shape index (κ2) is 5.78. The van der Waals surface area contributed by atoms with Crippen LogP contribution in [0.5, 0.6) is 17.2 Å². The first-order chi connectivity index (χ1) is 11.3. The predicted octanol–water partition coefficient (Wildman–Crippen LogP) is 3.22. The van der Waals surface area contributed by atoms with E-state index in [0.29, 0.717) is 6.79 Å². The fraction of sp³-hybridized carbons (Fsp3) is 0.368. The second-order valence-electron chi connectivity index (χ2n) is 5.96. The van der Waals surface area contributed by atoms with Crippen LogP contribution in [-0.2, 0) is 12.8 Å². The lowest BCUT2D eigenvalue weighted by Gasteiger charge is -2.29. The molecular formula is C19H21NO3. The van der Waals surface area contributed by atoms with Gasteiger partial charge >= 0.3 is 0 Å². The lowest BCUT2D eigenvalue weighted by atomic mass is 9.86. The quantitative estimate of drug-likeness (QED) is 0.945. The van der Waals surface area contributed by atoms with Gasteiger partial charge in [0.15, 0.2) is 11.5 Å². The Morgan fingerprint density at radius 3 is 2.74 bits per heavy atom. The van der Waals surface area contributed by atoms with E-state index in [-0.39, 0.29) is 6.04 Å². The van der Waals surface area contributed by atoms with Gasteiger partial charge in [0.2, 0.25) is 6.79 Å². The maximum Gasteiger partial charge on any atom is 0.231 e. The van der Waals surface area contributed by atoms with Crippen LogP contribution in [-0.4, -0.2) is 20.4 Å². The maximum absolute atomic E-state index is 5.57. The molecular weight excluding hydrogens is 290 g/mol. The Bertz CT molecular complexity index is 742. The molecule has 0 saturated heterocycles. The van der Waals surface area contributed by atoms with E-state index in [0.717, 1.165) is 36.6 Å². The molecule has 0 saturated carbocycles. The first-order valence-corrected chi connectivity index (χ1v) is 8.12. The first-order valence-electron chi connectivity index (χ1n) is 8.12. The summed E-state index contributed by atoms with van der Waals surface area (Å²) in [5.41, 5.74) is 5.26. The molecule has 1 N–H and O–H groups in total. The van der Waals surface area contributed by atoms with Crippen LogP contribution >= 0.6 is 0 Å². The highest BCUT2D eigenvalue weighted by atomic mass is 16.7. The van der Waals surface area contributed by atoms with Gasteiger partial charge < -0.3 is 19.5 Å². The van der Waals surface area contributed by atoms with Crippen LogP contribution in [0.1, 0.15) is 35.2 Å². The highest BCUT2D eigenvalue weighted by molar-refractivity contribution is 5.53. The number of rotatable bonds is 3. The monoisotopic (exact) mass is 311 g/mol. The third-order valence-corrected chi connectivity index (χ3v) is 4.73. The maximum atomic E-state index is 5.57. The van der Waals surface area contributed by atoms with Crippen molar-refractivity contribution in [1.82, 2.24) is 5.32 Å². The Labute approximate surface area is 136 Å². The molecule has 0 radical (unpaired) electrons. The van der Waals surface area contributed by atoms with Crippen molar-refractivity contribution in [2.75, 3.05) is 20.4 Å². The molecule has 0 spiro atoms. The molecule has 23 heavy (non-hydrogen) atoms. The number of hydrogen-bond acceptors (Lipinski definition) is 4. The topological polar surface area (TPSA) is 39.7 Å². The molecule has 2 aromatic rings. The zero-order valence-electron chi connectivity index (χ0n) is 13.5. The standard InChI is InChI=1S/C19H21NO3/c1-3-12-8-14(21-2)4-5-15(12)19-16-10-18-17(22-11-23-18)9-13(16)6-7-20-19/h4-5,8-10,19-20H,3,6-7,11H2,1-2H3. The van der Waals surface area contributed by atoms with Crippen LogP contribution in [0.25, 0.3) is 0 Å². The molecule has 2 aliphatic heterocycles. The van der Waals surface area contributed by atoms with Gasteiger partial charge in [0.25, 0.3) is 0 Å². The highest BCUT2D eigenvalue weighted by Crippen LogP contribution is 2.40. The van der Waals surface area contributed by atoms with Crippen molar-refractivity contribution in [1.29, 1.82) is 0 Å². The molecule has 4 heteroatoms. The molecule has 0 fully saturated rings. The largest absolute Gasteiger partial charge is 0.497 e. The van der Waals surface area contributed by atoms with E-state index in [2.05, 4.69) is 36.5 Å². The average Bonchev–Trinajstić information content (AvgIpc) is 3.06. The molecule has 1 atom stereocenters. The summed E-state index contributed by atoms with van der Waals surface area (Å²) in [5.74, 6) is 2.63. The Morgan fingerprint density at radius 2 is 1.96 bits per heavy atom. The molecule has 2 aliphatic rings. The van der Waals surface area contributed by atoms with Crippen LogP contribution in [0.4, 0.5) is 0 Å². The number of ether oxygens (including phenoxy) is 3. The minimum Gasteiger partial charge on any atom is -0.497 e. The number of nitrogens with one attached hydrogen (secondary N) is 1. The Hall–Kier alpha value is -2.20. The van der Waals surface area contributed by atoms with Gasteiger partial charge in [-0.1, -0.05) is 13.0 Å². The van der Waals surface area contributed by atoms with E-state index in [1.807, 2.05) is 6.07 Å². The lowest BCUT2D eigenvalue weighted by Crippen LogP contribution is -2.31. The summed E-state index contributed by atoms with van der Waals surface area (Å²) in [5, 5.41) is 3.66. The molecule has 0 aromatic heterocycles. The van der Waals surface area contributed by atoms with Crippen molar-refractivity contribution in [2.45, 2.75) is 25.8 Å². The van der Waals surface area contributed by atoms with Crippen molar-refractivity contribution in [3.8, 4) is 17.2 Å². The van der Waals surface area contributed by atoms with Crippen molar-refractivity contribution in [2.24, 2.45) is 0 Å². The summed E-state index contributed by atoms with van der Waals surface area (Å²) in [6.07, 6.45) is 1.99. The Kier molecular flexibility index (Phi) is 3.62. The van der Waals surface area contributed by atoms with Gasteiger partial charge in [-0.2, -0.15) is 0 Å². The van der Waals surface area contributed by atoms with E-state index in [1.165, 1.54) is 22.3 Å². The summed E-state index contributed by atoms with van der Waals surface area (Å²) in [4.78, 5) is 0. The molecule has 2 aromatic carbocycles. The Balaban J connectivity index is 1.80. The molecule has 2 heterocycles. The molecule has 4 nitrogen and oxygen atoms in total. The second-order valence-corrected chi connectivity index (χ2v) is 5.96. The van der Waals surface area contributed by atoms with Crippen LogP contribution < -0.4 is 19.5 Å². The third kappa shape index (κ3) is 2.43. The third-order valence-electron chi connectivity index (χ3n) is 4.73. The molecule has 0 bridgehead atoms. The van der Waals surface area contributed by atoms with Gasteiger partial charge in [-0.05, 0) is 59.4 Å². The lowest BCUT2D eigenvalue weighted by molar-refractivity contribution is 0.174. The first kappa shape index (κ1) is 14.4. The smallest absolute Gasteiger partial charge is 0.231 e. The van der Waals surface area contributed by atoms with E-state index < -0.39 is 0 Å². The van der Waals surface area contributed by atoms with Gasteiger partial charge in [0, 0.05) is 6.54 Å². The zero-order valence-corrected chi connectivity index (χ0v) is 13.5. The summed E-state index contributed by atoms with van der Waals surface area (Å²) in [6, 6.07) is 10.8. The van der Waals surface area contributed by atoms with Crippen molar-refractivity contribution < 1.29 is 14.2 Å². The molecule has 0 aliphatic carbocycles. The van der Waals surface area contributed by atoms with Crippen LogP contribution in [0.2, 0.25) is 0 Å². The summed E-state index contributed by atoms with van der Waals surface area (Å²) in [7, 11) is 1.71. The predicted molar refractivity (Wildman–Crippen MR) is 88.5 cm³/mol. The van der Waals surface area contributed by atoms with Crippen molar-refractivity contribution in [3.63, 3.8) is 0 Å². The van der Waals surface area contributed by atoms with Crippen molar-refractivity contribution >= 4 is 0 Å². The number of hydrogen-bond donors (Lipinski definition) is 1. The minimum atomic E-state index is 0.189. The van der Waals surface area contributed by atoms with E-state index in [1.54, 1.807) is 7.11 Å². The van der Waals surface area contributed by atoms with Crippen LogP contribution in [0, 0.1) is 0 Å². The Morgan fingerprint density at radius 1 is 1.13 bits per heavy atom. The fourth-order valence-corrected chi connectivity index (χ4v) is 3.52. The van der Waals surface area contributed by atoms with Gasteiger partial charge in [-0.15, -0.1) is 0 Å². The number of fused-ring (bicyclic) bond motifs is 2. The van der Waals surface area contributed by atoms with Gasteiger partial charge in [0.1, 0.15) is 5.75 Å². The summed E-state index contributed by atoms with van der Waals surface area (Å²) >= 11 is 0. The van der Waals surface area contributed by atoms with E-state index in [9.17, 15) is 0 Å². The van der Waals surface area contributed by atoms with E-state index in [4.69, 9.17) is 14.2 Å². The number of benzene rings is 2. The number of methoxy groups -OCH3 is 1. The van der Waals surface area contributed by atoms with Crippen LogP contribution in [0.3, 0.4) is 0 Å².